The number of carbonyl (C=O) groups is 1. The van der Waals surface area contributed by atoms with Gasteiger partial charge in [-0.3, -0.25) is 4.79 Å². The van der Waals surface area contributed by atoms with Crippen LogP contribution in [0.4, 0.5) is 0 Å². The van der Waals surface area contributed by atoms with E-state index in [2.05, 4.69) is 12.2 Å². The second kappa shape index (κ2) is 11.3. The van der Waals surface area contributed by atoms with Crippen LogP contribution in [0.3, 0.4) is 0 Å². The second-order valence-electron chi connectivity index (χ2n) is 5.64. The lowest BCUT2D eigenvalue weighted by Crippen LogP contribution is -2.33. The Morgan fingerprint density at radius 3 is 2.29 bits per heavy atom. The van der Waals surface area contributed by atoms with Crippen LogP contribution in [-0.2, 0) is 4.79 Å². The van der Waals surface area contributed by atoms with Crippen LogP contribution in [-0.4, -0.2) is 12.5 Å². The van der Waals surface area contributed by atoms with Crippen molar-refractivity contribution >= 4 is 5.91 Å². The first-order valence-corrected chi connectivity index (χ1v) is 8.32. The van der Waals surface area contributed by atoms with Crippen molar-refractivity contribution in [3.05, 3.63) is 35.9 Å². The lowest BCUT2D eigenvalue weighted by Gasteiger charge is -2.17. The molecule has 0 saturated carbocycles. The van der Waals surface area contributed by atoms with Crippen molar-refractivity contribution < 1.29 is 4.79 Å². The molecule has 118 valence electrons. The molecule has 3 nitrogen and oxygen atoms in total. The fourth-order valence-electron chi connectivity index (χ4n) is 2.47. The van der Waals surface area contributed by atoms with E-state index in [-0.39, 0.29) is 11.9 Å². The van der Waals surface area contributed by atoms with Crippen molar-refractivity contribution in [3.8, 4) is 0 Å². The quantitative estimate of drug-likeness (QED) is 0.606. The van der Waals surface area contributed by atoms with Crippen LogP contribution in [0.1, 0.15) is 69.9 Å². The zero-order valence-corrected chi connectivity index (χ0v) is 13.3. The van der Waals surface area contributed by atoms with Crippen LogP contribution in [0.5, 0.6) is 0 Å². The molecule has 0 fully saturated rings. The van der Waals surface area contributed by atoms with E-state index >= 15 is 0 Å². The molecule has 0 saturated heterocycles. The number of hydrogen-bond acceptors (Lipinski definition) is 2. The molecule has 1 atom stereocenters. The number of rotatable bonds is 11. The highest BCUT2D eigenvalue weighted by Gasteiger charge is 2.11. The van der Waals surface area contributed by atoms with E-state index in [1.165, 1.54) is 32.1 Å². The van der Waals surface area contributed by atoms with E-state index < -0.39 is 0 Å². The highest BCUT2D eigenvalue weighted by atomic mass is 16.1. The van der Waals surface area contributed by atoms with Gasteiger partial charge in [0.2, 0.25) is 5.91 Å². The van der Waals surface area contributed by atoms with E-state index in [4.69, 9.17) is 5.73 Å². The number of amides is 1. The third kappa shape index (κ3) is 7.86. The van der Waals surface area contributed by atoms with Crippen molar-refractivity contribution in [3.63, 3.8) is 0 Å². The van der Waals surface area contributed by atoms with Gasteiger partial charge in [0.25, 0.3) is 0 Å². The summed E-state index contributed by atoms with van der Waals surface area (Å²) in [5.41, 5.74) is 6.84. The Hall–Kier alpha value is -1.35. The lowest BCUT2D eigenvalue weighted by molar-refractivity contribution is -0.121. The summed E-state index contributed by atoms with van der Waals surface area (Å²) in [5.74, 6) is 0.114. The minimum Gasteiger partial charge on any atom is -0.348 e. The molecular weight excluding hydrogens is 260 g/mol. The van der Waals surface area contributed by atoms with Gasteiger partial charge in [-0.2, -0.15) is 0 Å². The SMILES string of the molecule is CCCCCCCCCC(=O)N[C@@H](CN)c1ccccc1. The maximum atomic E-state index is 12.0. The third-order valence-corrected chi connectivity index (χ3v) is 3.78. The first kappa shape index (κ1) is 17.7. The molecule has 0 spiro atoms. The Bertz CT molecular complexity index is 378. The number of unbranched alkanes of at least 4 members (excludes halogenated alkanes) is 6. The molecule has 21 heavy (non-hydrogen) atoms. The zero-order chi connectivity index (χ0) is 15.3. The summed E-state index contributed by atoms with van der Waals surface area (Å²) in [6, 6.07) is 9.86. The average Bonchev–Trinajstić information content (AvgIpc) is 2.52. The highest BCUT2D eigenvalue weighted by Crippen LogP contribution is 2.12. The molecule has 1 aromatic rings. The summed E-state index contributed by atoms with van der Waals surface area (Å²) in [4.78, 5) is 12.0. The smallest absolute Gasteiger partial charge is 0.220 e. The Labute approximate surface area is 129 Å². The Morgan fingerprint density at radius 2 is 1.67 bits per heavy atom. The van der Waals surface area contributed by atoms with Crippen LogP contribution in [0.15, 0.2) is 30.3 Å². The van der Waals surface area contributed by atoms with Crippen molar-refractivity contribution in [1.82, 2.24) is 5.32 Å². The van der Waals surface area contributed by atoms with Gasteiger partial charge in [-0.25, -0.2) is 0 Å². The molecule has 0 bridgehead atoms. The van der Waals surface area contributed by atoms with Gasteiger partial charge in [0.15, 0.2) is 0 Å². The van der Waals surface area contributed by atoms with Crippen LogP contribution in [0.2, 0.25) is 0 Å². The van der Waals surface area contributed by atoms with Gasteiger partial charge in [-0.15, -0.1) is 0 Å². The molecule has 1 aromatic carbocycles. The van der Waals surface area contributed by atoms with Gasteiger partial charge < -0.3 is 11.1 Å². The van der Waals surface area contributed by atoms with Crippen LogP contribution < -0.4 is 11.1 Å². The normalized spacial score (nSPS) is 12.1. The van der Waals surface area contributed by atoms with E-state index in [0.717, 1.165) is 18.4 Å². The van der Waals surface area contributed by atoms with E-state index in [1.807, 2.05) is 30.3 Å². The molecule has 0 aromatic heterocycles. The summed E-state index contributed by atoms with van der Waals surface area (Å²) in [6.07, 6.45) is 9.21. The van der Waals surface area contributed by atoms with Crippen molar-refractivity contribution in [2.24, 2.45) is 5.73 Å². The molecule has 0 radical (unpaired) electrons. The van der Waals surface area contributed by atoms with Gasteiger partial charge in [0.1, 0.15) is 0 Å². The standard InChI is InChI=1S/C18H30N2O/c1-2-3-4-5-6-7-11-14-18(21)20-17(15-19)16-12-9-8-10-13-16/h8-10,12-13,17H,2-7,11,14-15,19H2,1H3,(H,20,21)/t17-/m0/s1. The van der Waals surface area contributed by atoms with Crippen molar-refractivity contribution in [2.45, 2.75) is 64.3 Å². The molecular formula is C18H30N2O. The Morgan fingerprint density at radius 1 is 1.05 bits per heavy atom. The molecule has 0 aliphatic carbocycles. The van der Waals surface area contributed by atoms with Crippen molar-refractivity contribution in [2.75, 3.05) is 6.54 Å². The van der Waals surface area contributed by atoms with E-state index in [1.54, 1.807) is 0 Å². The van der Waals surface area contributed by atoms with E-state index in [9.17, 15) is 4.79 Å². The first-order chi connectivity index (χ1) is 10.3. The minimum absolute atomic E-state index is 0.0664. The predicted octanol–water partition coefficient (Wildman–Crippen LogP) is 3.94. The van der Waals surface area contributed by atoms with Gasteiger partial charge in [-0.1, -0.05) is 75.8 Å². The van der Waals surface area contributed by atoms with Gasteiger partial charge in [-0.05, 0) is 12.0 Å². The third-order valence-electron chi connectivity index (χ3n) is 3.78. The molecule has 0 aliphatic heterocycles. The molecule has 0 unspecified atom stereocenters. The predicted molar refractivity (Wildman–Crippen MR) is 89.0 cm³/mol. The number of nitrogens with two attached hydrogens (primary N) is 1. The maximum absolute atomic E-state index is 12.0. The summed E-state index contributed by atoms with van der Waals surface area (Å²) < 4.78 is 0. The molecule has 1 amide bonds. The second-order valence-corrected chi connectivity index (χ2v) is 5.64. The number of benzene rings is 1. The zero-order valence-electron chi connectivity index (χ0n) is 13.3. The molecule has 0 heterocycles. The fourth-order valence-corrected chi connectivity index (χ4v) is 2.47. The lowest BCUT2D eigenvalue weighted by atomic mass is 10.1. The van der Waals surface area contributed by atoms with Crippen LogP contribution in [0.25, 0.3) is 0 Å². The Balaban J connectivity index is 2.17. The average molecular weight is 290 g/mol. The minimum atomic E-state index is -0.0664. The van der Waals surface area contributed by atoms with Crippen molar-refractivity contribution in [1.29, 1.82) is 0 Å². The van der Waals surface area contributed by atoms with Gasteiger partial charge >= 0.3 is 0 Å². The largest absolute Gasteiger partial charge is 0.348 e. The first-order valence-electron chi connectivity index (χ1n) is 8.32. The summed E-state index contributed by atoms with van der Waals surface area (Å²) in [5, 5.41) is 3.03. The monoisotopic (exact) mass is 290 g/mol. The highest BCUT2D eigenvalue weighted by molar-refractivity contribution is 5.76. The Kier molecular flexibility index (Phi) is 9.55. The number of carbonyl (C=O) groups excluding carboxylic acids is 1. The number of nitrogens with one attached hydrogen (secondary N) is 1. The molecule has 0 aliphatic rings. The molecule has 3 heteroatoms. The maximum Gasteiger partial charge on any atom is 0.220 e. The van der Waals surface area contributed by atoms with E-state index in [0.29, 0.717) is 13.0 Å². The number of hydrogen-bond donors (Lipinski definition) is 2. The topological polar surface area (TPSA) is 55.1 Å². The van der Waals surface area contributed by atoms with Gasteiger partial charge in [0, 0.05) is 13.0 Å². The van der Waals surface area contributed by atoms with Crippen LogP contribution in [0, 0.1) is 0 Å². The van der Waals surface area contributed by atoms with Gasteiger partial charge in [0.05, 0.1) is 6.04 Å². The summed E-state index contributed by atoms with van der Waals surface area (Å²) in [6.45, 7) is 2.66. The summed E-state index contributed by atoms with van der Waals surface area (Å²) in [7, 11) is 0. The molecule has 3 N–H and O–H groups in total. The molecule has 1 rings (SSSR count). The summed E-state index contributed by atoms with van der Waals surface area (Å²) >= 11 is 0. The fraction of sp³-hybridized carbons (Fsp3) is 0.611. The van der Waals surface area contributed by atoms with Crippen LogP contribution >= 0.6 is 0 Å².